The zero-order chi connectivity index (χ0) is 23.4. The largest absolute Gasteiger partial charge is 0.507 e. The van der Waals surface area contributed by atoms with Crippen molar-refractivity contribution in [2.75, 3.05) is 33.8 Å². The Bertz CT molecular complexity index is 1030. The first kappa shape index (κ1) is 23.8. The van der Waals surface area contributed by atoms with Gasteiger partial charge in [0.2, 0.25) is 0 Å². The van der Waals surface area contributed by atoms with Crippen LogP contribution < -0.4 is 4.74 Å². The van der Waals surface area contributed by atoms with E-state index in [1.165, 1.54) is 0 Å². The highest BCUT2D eigenvalue weighted by atomic mass is 35.5. The molecule has 0 aromatic heterocycles. The van der Waals surface area contributed by atoms with Crippen LogP contribution in [0.2, 0.25) is 5.02 Å². The Morgan fingerprint density at radius 3 is 2.44 bits per heavy atom. The Morgan fingerprint density at radius 1 is 1.16 bits per heavy atom. The van der Waals surface area contributed by atoms with E-state index in [2.05, 4.69) is 0 Å². The van der Waals surface area contributed by atoms with Gasteiger partial charge in [0, 0.05) is 12.1 Å². The summed E-state index contributed by atoms with van der Waals surface area (Å²) in [6.45, 7) is 5.46. The third kappa shape index (κ3) is 4.97. The lowest BCUT2D eigenvalue weighted by atomic mass is 9.94. The molecule has 1 atom stereocenters. The second-order valence-corrected chi connectivity index (χ2v) is 8.55. The number of aliphatic hydroxyl groups is 1. The number of Topliss-reactive ketones (excluding diaryl/α,β-unsaturated/α-hetero) is 1. The van der Waals surface area contributed by atoms with E-state index < -0.39 is 17.7 Å². The first-order valence-corrected chi connectivity index (χ1v) is 11.0. The summed E-state index contributed by atoms with van der Waals surface area (Å²) in [5, 5.41) is 11.5. The number of hydrogen-bond acceptors (Lipinski definition) is 5. The lowest BCUT2D eigenvalue weighted by Gasteiger charge is -2.26. The van der Waals surface area contributed by atoms with Crippen LogP contribution in [0.25, 0.3) is 5.76 Å². The van der Waals surface area contributed by atoms with E-state index in [1.54, 1.807) is 23.1 Å². The van der Waals surface area contributed by atoms with Gasteiger partial charge in [-0.05, 0) is 64.7 Å². The van der Waals surface area contributed by atoms with Crippen LogP contribution in [0.5, 0.6) is 5.75 Å². The molecule has 170 valence electrons. The summed E-state index contributed by atoms with van der Waals surface area (Å²) in [6, 6.07) is 11.8. The molecule has 1 aliphatic heterocycles. The molecule has 1 saturated heterocycles. The van der Waals surface area contributed by atoms with Gasteiger partial charge in [-0.1, -0.05) is 41.4 Å². The molecular formula is C25H29ClN2O4. The SMILES string of the molecule is CCOc1ccc(/C(O)=C2/C(=O)C(=O)N(CCCN(C)C)C2c2ccc(C)cc2)cc1Cl. The van der Waals surface area contributed by atoms with Gasteiger partial charge in [-0.15, -0.1) is 0 Å². The van der Waals surface area contributed by atoms with E-state index in [4.69, 9.17) is 16.3 Å². The van der Waals surface area contributed by atoms with Crippen LogP contribution in [0, 0.1) is 6.92 Å². The highest BCUT2D eigenvalue weighted by Crippen LogP contribution is 2.40. The highest BCUT2D eigenvalue weighted by molar-refractivity contribution is 6.46. The summed E-state index contributed by atoms with van der Waals surface area (Å²) in [4.78, 5) is 29.6. The van der Waals surface area contributed by atoms with E-state index in [0.29, 0.717) is 35.9 Å². The maximum Gasteiger partial charge on any atom is 0.295 e. The van der Waals surface area contributed by atoms with E-state index >= 15 is 0 Å². The van der Waals surface area contributed by atoms with Crippen molar-refractivity contribution in [2.24, 2.45) is 0 Å². The summed E-state index contributed by atoms with van der Waals surface area (Å²) >= 11 is 6.30. The number of ketones is 1. The van der Waals surface area contributed by atoms with E-state index in [-0.39, 0.29) is 11.3 Å². The molecule has 1 fully saturated rings. The lowest BCUT2D eigenvalue weighted by Crippen LogP contribution is -2.32. The summed E-state index contributed by atoms with van der Waals surface area (Å²) < 4.78 is 5.45. The van der Waals surface area contributed by atoms with Crippen LogP contribution in [-0.4, -0.2) is 60.4 Å². The zero-order valence-electron chi connectivity index (χ0n) is 18.9. The Balaban J connectivity index is 2.08. The van der Waals surface area contributed by atoms with Gasteiger partial charge in [-0.25, -0.2) is 0 Å². The third-order valence-electron chi connectivity index (χ3n) is 5.44. The average molecular weight is 457 g/mol. The Morgan fingerprint density at radius 2 is 1.84 bits per heavy atom. The monoisotopic (exact) mass is 456 g/mol. The van der Waals surface area contributed by atoms with Gasteiger partial charge in [-0.3, -0.25) is 9.59 Å². The topological polar surface area (TPSA) is 70.1 Å². The molecule has 1 heterocycles. The molecule has 0 aliphatic carbocycles. The molecule has 0 spiro atoms. The Labute approximate surface area is 194 Å². The van der Waals surface area contributed by atoms with Crippen LogP contribution in [-0.2, 0) is 9.59 Å². The predicted octanol–water partition coefficient (Wildman–Crippen LogP) is 4.42. The number of rotatable bonds is 8. The smallest absolute Gasteiger partial charge is 0.295 e. The van der Waals surface area contributed by atoms with Crippen LogP contribution in [0.15, 0.2) is 48.0 Å². The molecule has 7 heteroatoms. The zero-order valence-corrected chi connectivity index (χ0v) is 19.6. The first-order chi connectivity index (χ1) is 15.2. The van der Waals surface area contributed by atoms with Crippen molar-refractivity contribution < 1.29 is 19.4 Å². The minimum atomic E-state index is -0.692. The molecule has 1 amide bonds. The normalized spacial score (nSPS) is 17.9. The number of ether oxygens (including phenoxy) is 1. The number of aliphatic hydroxyl groups excluding tert-OH is 1. The second-order valence-electron chi connectivity index (χ2n) is 8.14. The number of amides is 1. The highest BCUT2D eigenvalue weighted by Gasteiger charge is 2.45. The third-order valence-corrected chi connectivity index (χ3v) is 5.74. The van der Waals surface area contributed by atoms with Crippen molar-refractivity contribution in [1.82, 2.24) is 9.80 Å². The van der Waals surface area contributed by atoms with Gasteiger partial charge in [-0.2, -0.15) is 0 Å². The number of carbonyl (C=O) groups excluding carboxylic acids is 2. The van der Waals surface area contributed by atoms with Crippen molar-refractivity contribution in [3.63, 3.8) is 0 Å². The molecule has 1 aliphatic rings. The van der Waals surface area contributed by atoms with E-state index in [1.807, 2.05) is 57.1 Å². The quantitative estimate of drug-likeness (QED) is 0.361. The number of carbonyl (C=O) groups is 2. The molecule has 1 N–H and O–H groups in total. The summed E-state index contributed by atoms with van der Waals surface area (Å²) in [5.74, 6) is -1.05. The molecule has 32 heavy (non-hydrogen) atoms. The molecular weight excluding hydrogens is 428 g/mol. The fraction of sp³-hybridized carbons (Fsp3) is 0.360. The number of likely N-dealkylation sites (tertiary alicyclic amines) is 1. The average Bonchev–Trinajstić information content (AvgIpc) is 3.00. The van der Waals surface area contributed by atoms with Gasteiger partial charge >= 0.3 is 0 Å². The Kier molecular flexibility index (Phi) is 7.59. The minimum Gasteiger partial charge on any atom is -0.507 e. The van der Waals surface area contributed by atoms with Gasteiger partial charge < -0.3 is 19.6 Å². The van der Waals surface area contributed by atoms with E-state index in [0.717, 1.165) is 17.7 Å². The number of benzene rings is 2. The van der Waals surface area contributed by atoms with Crippen molar-refractivity contribution in [3.8, 4) is 5.75 Å². The van der Waals surface area contributed by atoms with E-state index in [9.17, 15) is 14.7 Å². The molecule has 2 aromatic carbocycles. The summed E-state index contributed by atoms with van der Waals surface area (Å²) in [5.41, 5.74) is 2.28. The molecule has 0 radical (unpaired) electrons. The first-order valence-electron chi connectivity index (χ1n) is 10.7. The van der Waals surface area contributed by atoms with Gasteiger partial charge in [0.1, 0.15) is 11.5 Å². The fourth-order valence-electron chi connectivity index (χ4n) is 3.84. The summed E-state index contributed by atoms with van der Waals surface area (Å²) in [7, 11) is 3.92. The molecule has 2 aromatic rings. The minimum absolute atomic E-state index is 0.0731. The predicted molar refractivity (Wildman–Crippen MR) is 126 cm³/mol. The van der Waals surface area contributed by atoms with Crippen LogP contribution in [0.4, 0.5) is 0 Å². The number of nitrogens with zero attached hydrogens (tertiary/aromatic N) is 2. The summed E-state index contributed by atoms with van der Waals surface area (Å²) in [6.07, 6.45) is 0.706. The van der Waals surface area contributed by atoms with Crippen LogP contribution in [0.3, 0.4) is 0 Å². The lowest BCUT2D eigenvalue weighted by molar-refractivity contribution is -0.139. The van der Waals surface area contributed by atoms with Gasteiger partial charge in [0.15, 0.2) is 0 Å². The molecule has 1 unspecified atom stereocenters. The second kappa shape index (κ2) is 10.2. The fourth-order valence-corrected chi connectivity index (χ4v) is 4.07. The number of hydrogen-bond donors (Lipinski definition) is 1. The van der Waals surface area contributed by atoms with Crippen molar-refractivity contribution in [3.05, 3.63) is 69.8 Å². The maximum absolute atomic E-state index is 13.1. The van der Waals surface area contributed by atoms with Crippen molar-refractivity contribution >= 4 is 29.1 Å². The molecule has 6 nitrogen and oxygen atoms in total. The van der Waals surface area contributed by atoms with Crippen molar-refractivity contribution in [1.29, 1.82) is 0 Å². The molecule has 3 rings (SSSR count). The van der Waals surface area contributed by atoms with Gasteiger partial charge in [0.05, 0.1) is 23.2 Å². The number of halogens is 1. The maximum atomic E-state index is 13.1. The van der Waals surface area contributed by atoms with Gasteiger partial charge in [0.25, 0.3) is 11.7 Å². The standard InChI is InChI=1S/C25H29ClN2O4/c1-5-32-20-12-11-18(15-19(20)26)23(29)21-22(17-9-7-16(2)8-10-17)28(25(31)24(21)30)14-6-13-27(3)4/h7-12,15,22,29H,5-6,13-14H2,1-4H3/b23-21-. The van der Waals surface area contributed by atoms with Crippen molar-refractivity contribution in [2.45, 2.75) is 26.3 Å². The Hall–Kier alpha value is -2.83. The van der Waals surface area contributed by atoms with Crippen LogP contribution in [0.1, 0.15) is 36.1 Å². The number of aryl methyl sites for hydroxylation is 1. The van der Waals surface area contributed by atoms with Crippen LogP contribution >= 0.6 is 11.6 Å². The molecule has 0 saturated carbocycles. The molecule has 0 bridgehead atoms.